The number of hydrogen-bond donors (Lipinski definition) is 1. The van der Waals surface area contributed by atoms with Crippen molar-refractivity contribution in [1.82, 2.24) is 15.2 Å². The Kier molecular flexibility index (Phi) is 1.83. The third-order valence-corrected chi connectivity index (χ3v) is 0.905. The fourth-order valence-corrected chi connectivity index (χ4v) is 0.498. The van der Waals surface area contributed by atoms with Gasteiger partial charge in [0.15, 0.2) is 0 Å². The molecule has 1 rings (SSSR count). The smallest absolute Gasteiger partial charge is 0.137 e. The second-order valence-corrected chi connectivity index (χ2v) is 1.54. The molecule has 0 aliphatic heterocycles. The Morgan fingerprint density at radius 1 is 1.89 bits per heavy atom. The van der Waals surface area contributed by atoms with E-state index >= 15 is 0 Å². The van der Waals surface area contributed by atoms with Crippen molar-refractivity contribution < 1.29 is 0 Å². The third-order valence-electron chi connectivity index (χ3n) is 0.905. The van der Waals surface area contributed by atoms with Crippen molar-refractivity contribution in [3.05, 3.63) is 30.5 Å². The van der Waals surface area contributed by atoms with Gasteiger partial charge in [0.1, 0.15) is 12.2 Å². The van der Waals surface area contributed by atoms with Gasteiger partial charge in [-0.2, -0.15) is 5.10 Å². The van der Waals surface area contributed by atoms with Gasteiger partial charge in [0, 0.05) is 6.42 Å². The van der Waals surface area contributed by atoms with Crippen LogP contribution in [0.5, 0.6) is 0 Å². The Morgan fingerprint density at radius 2 is 2.78 bits per heavy atom. The zero-order valence-electron chi connectivity index (χ0n) is 4.96. The molecule has 0 radical (unpaired) electrons. The molecule has 1 heterocycles. The molecule has 3 nitrogen and oxygen atoms in total. The molecule has 0 aliphatic rings. The van der Waals surface area contributed by atoms with Gasteiger partial charge in [-0.25, -0.2) is 4.98 Å². The minimum atomic E-state index is 0.726. The summed E-state index contributed by atoms with van der Waals surface area (Å²) in [5.41, 5.74) is 2.64. The van der Waals surface area contributed by atoms with Crippen LogP contribution in [0.25, 0.3) is 0 Å². The number of rotatable bonds is 2. The molecule has 1 N–H and O–H groups in total. The lowest BCUT2D eigenvalue weighted by Gasteiger charge is -1.80. The Labute approximate surface area is 53.1 Å². The molecule has 9 heavy (non-hydrogen) atoms. The molecule has 46 valence electrons. The van der Waals surface area contributed by atoms with E-state index in [1.165, 1.54) is 6.33 Å². The summed E-state index contributed by atoms with van der Waals surface area (Å²) in [5.74, 6) is 0.839. The van der Waals surface area contributed by atoms with Crippen molar-refractivity contribution in [2.24, 2.45) is 0 Å². The summed E-state index contributed by atoms with van der Waals surface area (Å²) in [6.07, 6.45) is 4.00. The SMILES string of the molecule is C=C=CCc1ncn[nH]1. The number of H-pyrrole nitrogens is 1. The predicted octanol–water partition coefficient (Wildman–Crippen LogP) is 0.688. The van der Waals surface area contributed by atoms with Crippen molar-refractivity contribution in [3.8, 4) is 0 Å². The number of aromatic amines is 1. The first-order valence-electron chi connectivity index (χ1n) is 2.62. The van der Waals surface area contributed by atoms with Crippen LogP contribution in [0.4, 0.5) is 0 Å². The van der Waals surface area contributed by atoms with Crippen LogP contribution >= 0.6 is 0 Å². The van der Waals surface area contributed by atoms with Gasteiger partial charge in [-0.15, -0.1) is 5.73 Å². The minimum absolute atomic E-state index is 0.726. The van der Waals surface area contributed by atoms with Gasteiger partial charge in [0.2, 0.25) is 0 Å². The average molecular weight is 121 g/mol. The molecular formula is C6H7N3. The summed E-state index contributed by atoms with van der Waals surface area (Å²) in [4.78, 5) is 3.89. The molecule has 0 fully saturated rings. The molecular weight excluding hydrogens is 114 g/mol. The van der Waals surface area contributed by atoms with E-state index in [4.69, 9.17) is 0 Å². The first kappa shape index (κ1) is 5.79. The van der Waals surface area contributed by atoms with E-state index in [1.807, 2.05) is 0 Å². The lowest BCUT2D eigenvalue weighted by atomic mass is 10.4. The number of nitrogens with zero attached hydrogens (tertiary/aromatic N) is 2. The highest BCUT2D eigenvalue weighted by Crippen LogP contribution is 1.86. The van der Waals surface area contributed by atoms with Gasteiger partial charge >= 0.3 is 0 Å². The maximum atomic E-state index is 3.89. The minimum Gasteiger partial charge on any atom is -0.263 e. The lowest BCUT2D eigenvalue weighted by Crippen LogP contribution is -1.81. The highest BCUT2D eigenvalue weighted by Gasteiger charge is 1.87. The summed E-state index contributed by atoms with van der Waals surface area (Å²) in [6, 6.07) is 0. The molecule has 1 aromatic heterocycles. The van der Waals surface area contributed by atoms with E-state index in [2.05, 4.69) is 27.5 Å². The Morgan fingerprint density at radius 3 is 3.33 bits per heavy atom. The van der Waals surface area contributed by atoms with E-state index in [9.17, 15) is 0 Å². The van der Waals surface area contributed by atoms with Gasteiger partial charge in [-0.1, -0.05) is 6.58 Å². The third kappa shape index (κ3) is 1.55. The summed E-state index contributed by atoms with van der Waals surface area (Å²) in [6.45, 7) is 3.42. The van der Waals surface area contributed by atoms with E-state index in [1.54, 1.807) is 6.08 Å². The topological polar surface area (TPSA) is 41.6 Å². The number of allylic oxidation sites excluding steroid dienone is 1. The van der Waals surface area contributed by atoms with Crippen molar-refractivity contribution in [2.45, 2.75) is 6.42 Å². The van der Waals surface area contributed by atoms with Gasteiger partial charge in [0.25, 0.3) is 0 Å². The maximum Gasteiger partial charge on any atom is 0.137 e. The maximum absolute atomic E-state index is 3.89. The van der Waals surface area contributed by atoms with Crippen molar-refractivity contribution in [3.63, 3.8) is 0 Å². The second kappa shape index (κ2) is 2.84. The molecule has 0 aromatic carbocycles. The molecule has 0 atom stereocenters. The van der Waals surface area contributed by atoms with Crippen LogP contribution in [0.1, 0.15) is 5.82 Å². The molecule has 0 unspecified atom stereocenters. The first-order chi connectivity index (χ1) is 4.43. The van der Waals surface area contributed by atoms with Crippen LogP contribution in [-0.2, 0) is 6.42 Å². The van der Waals surface area contributed by atoms with Crippen molar-refractivity contribution in [1.29, 1.82) is 0 Å². The van der Waals surface area contributed by atoms with Gasteiger partial charge < -0.3 is 0 Å². The van der Waals surface area contributed by atoms with E-state index in [0.717, 1.165) is 12.2 Å². The fourth-order valence-electron chi connectivity index (χ4n) is 0.498. The highest BCUT2D eigenvalue weighted by atomic mass is 15.2. The van der Waals surface area contributed by atoms with Crippen molar-refractivity contribution in [2.75, 3.05) is 0 Å². The monoisotopic (exact) mass is 121 g/mol. The second-order valence-electron chi connectivity index (χ2n) is 1.54. The van der Waals surface area contributed by atoms with Gasteiger partial charge in [0.05, 0.1) is 0 Å². The fraction of sp³-hybridized carbons (Fsp3) is 0.167. The van der Waals surface area contributed by atoms with Gasteiger partial charge in [-0.3, -0.25) is 5.10 Å². The molecule has 0 saturated carbocycles. The summed E-state index contributed by atoms with van der Waals surface area (Å²) < 4.78 is 0. The average Bonchev–Trinajstić information content (AvgIpc) is 2.34. The first-order valence-corrected chi connectivity index (χ1v) is 2.62. The number of hydrogen-bond acceptors (Lipinski definition) is 2. The molecule has 0 bridgehead atoms. The molecule has 0 amide bonds. The van der Waals surface area contributed by atoms with Crippen LogP contribution < -0.4 is 0 Å². The normalized spacial score (nSPS) is 8.44. The van der Waals surface area contributed by atoms with Crippen LogP contribution in [0.3, 0.4) is 0 Å². The van der Waals surface area contributed by atoms with Crippen molar-refractivity contribution >= 4 is 0 Å². The van der Waals surface area contributed by atoms with E-state index < -0.39 is 0 Å². The highest BCUT2D eigenvalue weighted by molar-refractivity contribution is 4.90. The summed E-state index contributed by atoms with van der Waals surface area (Å²) >= 11 is 0. The van der Waals surface area contributed by atoms with Crippen LogP contribution in [0, 0.1) is 0 Å². The van der Waals surface area contributed by atoms with Crippen LogP contribution in [0.2, 0.25) is 0 Å². The molecule has 0 spiro atoms. The van der Waals surface area contributed by atoms with E-state index in [0.29, 0.717) is 0 Å². The zero-order chi connectivity index (χ0) is 6.53. The Bertz CT molecular complexity index is 206. The molecule has 0 aliphatic carbocycles. The molecule has 0 saturated heterocycles. The van der Waals surface area contributed by atoms with Gasteiger partial charge in [-0.05, 0) is 6.08 Å². The van der Waals surface area contributed by atoms with Crippen LogP contribution in [-0.4, -0.2) is 15.2 Å². The Hall–Kier alpha value is -1.34. The van der Waals surface area contributed by atoms with E-state index in [-0.39, 0.29) is 0 Å². The lowest BCUT2D eigenvalue weighted by molar-refractivity contribution is 0.991. The zero-order valence-corrected chi connectivity index (χ0v) is 4.96. The predicted molar refractivity (Wildman–Crippen MR) is 33.8 cm³/mol. The quantitative estimate of drug-likeness (QED) is 0.585. The summed E-state index contributed by atoms with van der Waals surface area (Å²) in [5, 5.41) is 6.38. The van der Waals surface area contributed by atoms with Crippen LogP contribution in [0.15, 0.2) is 24.7 Å². The standard InChI is InChI=1S/C6H7N3/c1-2-3-4-6-7-5-8-9-6/h3,5H,1,4H2,(H,7,8,9). The Balaban J connectivity index is 2.57. The molecule has 3 heteroatoms. The largest absolute Gasteiger partial charge is 0.263 e. The summed E-state index contributed by atoms with van der Waals surface area (Å²) in [7, 11) is 0. The number of nitrogens with one attached hydrogen (secondary N) is 1. The molecule has 1 aromatic rings. The number of aromatic nitrogens is 3.